The van der Waals surface area contributed by atoms with Gasteiger partial charge in [-0.2, -0.15) is 0 Å². The van der Waals surface area contributed by atoms with Gasteiger partial charge in [-0.15, -0.1) is 0 Å². The maximum Gasteiger partial charge on any atom is 0.305 e. The number of aliphatic hydroxyl groups is 2. The fourth-order valence-corrected chi connectivity index (χ4v) is 10.0. The van der Waals surface area contributed by atoms with E-state index >= 15 is 0 Å². The van der Waals surface area contributed by atoms with Gasteiger partial charge >= 0.3 is 5.97 Å². The van der Waals surface area contributed by atoms with E-state index in [1.807, 2.05) is 6.08 Å². The van der Waals surface area contributed by atoms with E-state index in [1.54, 1.807) is 6.08 Å². The summed E-state index contributed by atoms with van der Waals surface area (Å²) in [5, 5.41) is 23.0. The first kappa shape index (κ1) is 69.3. The lowest BCUT2D eigenvalue weighted by molar-refractivity contribution is -0.143. The van der Waals surface area contributed by atoms with E-state index in [4.69, 9.17) is 4.74 Å². The molecule has 0 heterocycles. The molecule has 0 aliphatic carbocycles. The molecule has 2 atom stereocenters. The number of ether oxygens (including phenoxy) is 1. The van der Waals surface area contributed by atoms with Crippen molar-refractivity contribution in [3.05, 3.63) is 24.3 Å². The quantitative estimate of drug-likeness (QED) is 0.0320. The minimum absolute atomic E-state index is 0.0109. The molecule has 3 N–H and O–H groups in total. The summed E-state index contributed by atoms with van der Waals surface area (Å²) in [7, 11) is 0. The molecule has 0 saturated carbocycles. The van der Waals surface area contributed by atoms with E-state index < -0.39 is 12.1 Å². The minimum atomic E-state index is -0.839. The smallest absolute Gasteiger partial charge is 0.305 e. The van der Waals surface area contributed by atoms with Crippen molar-refractivity contribution in [2.45, 2.75) is 366 Å². The van der Waals surface area contributed by atoms with Crippen LogP contribution in [0.2, 0.25) is 0 Å². The van der Waals surface area contributed by atoms with E-state index in [-0.39, 0.29) is 18.5 Å². The fraction of sp³-hybridized carbons (Fsp3) is 0.908. The van der Waals surface area contributed by atoms with Gasteiger partial charge in [0.25, 0.3) is 0 Å². The van der Waals surface area contributed by atoms with Crippen LogP contribution in [0.4, 0.5) is 0 Å². The molecule has 0 saturated heterocycles. The molecular weight excluding hydrogens is 875 g/mol. The van der Waals surface area contributed by atoms with Gasteiger partial charge in [-0.25, -0.2) is 0 Å². The number of aliphatic hydroxyl groups excluding tert-OH is 2. The number of amides is 1. The van der Waals surface area contributed by atoms with Crippen LogP contribution in [0.25, 0.3) is 0 Å². The van der Waals surface area contributed by atoms with Gasteiger partial charge in [0.05, 0.1) is 25.4 Å². The highest BCUT2D eigenvalue weighted by molar-refractivity contribution is 5.76. The van der Waals surface area contributed by atoms with Crippen molar-refractivity contribution in [3.63, 3.8) is 0 Å². The lowest BCUT2D eigenvalue weighted by Crippen LogP contribution is -2.45. The lowest BCUT2D eigenvalue weighted by Gasteiger charge is -2.20. The predicted molar refractivity (Wildman–Crippen MR) is 310 cm³/mol. The second kappa shape index (κ2) is 60.9. The van der Waals surface area contributed by atoms with Crippen molar-refractivity contribution in [2.75, 3.05) is 13.2 Å². The summed E-state index contributed by atoms with van der Waals surface area (Å²) in [5.41, 5.74) is 0. The molecule has 420 valence electrons. The lowest BCUT2D eigenvalue weighted by atomic mass is 10.0. The summed E-state index contributed by atoms with van der Waals surface area (Å²) in [6, 6.07) is -0.622. The zero-order chi connectivity index (χ0) is 51.4. The minimum Gasteiger partial charge on any atom is -0.466 e. The van der Waals surface area contributed by atoms with Gasteiger partial charge in [0.2, 0.25) is 5.91 Å². The SMILES string of the molecule is CCCCC/C=C\CCCCCCCC(=O)OCCCCCCCCCCCCCCCCCCCCCCCCCCCCCCCCCCC(=O)NC(CO)C(O)/C=C/CCCCCCCCCC. The number of carbonyl (C=O) groups is 2. The van der Waals surface area contributed by atoms with Gasteiger partial charge in [0, 0.05) is 12.8 Å². The summed E-state index contributed by atoms with van der Waals surface area (Å²) >= 11 is 0. The van der Waals surface area contributed by atoms with E-state index in [9.17, 15) is 19.8 Å². The first-order valence-corrected chi connectivity index (χ1v) is 32.1. The molecule has 6 heteroatoms. The molecule has 6 nitrogen and oxygen atoms in total. The Hall–Kier alpha value is -1.66. The molecule has 0 aliphatic heterocycles. The van der Waals surface area contributed by atoms with Crippen molar-refractivity contribution < 1.29 is 24.5 Å². The fourth-order valence-electron chi connectivity index (χ4n) is 10.0. The summed E-state index contributed by atoms with van der Waals surface area (Å²) in [5.74, 6) is -0.0533. The summed E-state index contributed by atoms with van der Waals surface area (Å²) in [6.07, 6.45) is 75.4. The Labute approximate surface area is 443 Å². The third-order valence-corrected chi connectivity index (χ3v) is 15.0. The van der Waals surface area contributed by atoms with Crippen molar-refractivity contribution >= 4 is 11.9 Å². The Kier molecular flexibility index (Phi) is 59.5. The Balaban J connectivity index is 3.30. The van der Waals surface area contributed by atoms with Crippen LogP contribution in [0.5, 0.6) is 0 Å². The van der Waals surface area contributed by atoms with Gasteiger partial charge in [-0.1, -0.05) is 308 Å². The van der Waals surface area contributed by atoms with Crippen molar-refractivity contribution in [2.24, 2.45) is 0 Å². The highest BCUT2D eigenvalue weighted by Gasteiger charge is 2.18. The van der Waals surface area contributed by atoms with E-state index in [0.29, 0.717) is 19.4 Å². The Morgan fingerprint density at radius 2 is 0.662 bits per heavy atom. The number of esters is 1. The summed E-state index contributed by atoms with van der Waals surface area (Å²) in [6.45, 7) is 4.88. The van der Waals surface area contributed by atoms with Gasteiger partial charge in [-0.05, 0) is 57.8 Å². The van der Waals surface area contributed by atoms with Crippen LogP contribution in [-0.2, 0) is 14.3 Å². The molecule has 0 spiro atoms. The average molecular weight is 1000 g/mol. The van der Waals surface area contributed by atoms with Crippen LogP contribution in [0.15, 0.2) is 24.3 Å². The van der Waals surface area contributed by atoms with Gasteiger partial charge in [-0.3, -0.25) is 9.59 Å². The molecule has 0 aromatic rings. The highest BCUT2D eigenvalue weighted by Crippen LogP contribution is 2.18. The molecule has 0 radical (unpaired) electrons. The van der Waals surface area contributed by atoms with Crippen LogP contribution in [0.3, 0.4) is 0 Å². The molecule has 0 aromatic heterocycles. The maximum absolute atomic E-state index is 12.4. The number of rotatable bonds is 60. The van der Waals surface area contributed by atoms with E-state index in [2.05, 4.69) is 31.3 Å². The monoisotopic (exact) mass is 1000 g/mol. The zero-order valence-electron chi connectivity index (χ0n) is 48.0. The number of nitrogens with one attached hydrogen (secondary N) is 1. The third kappa shape index (κ3) is 57.5. The number of allylic oxidation sites excluding steroid dienone is 3. The molecule has 0 bridgehead atoms. The number of carbonyl (C=O) groups excluding carboxylic acids is 2. The average Bonchev–Trinajstić information content (AvgIpc) is 3.37. The number of hydrogen-bond acceptors (Lipinski definition) is 5. The van der Waals surface area contributed by atoms with Crippen LogP contribution < -0.4 is 5.32 Å². The van der Waals surface area contributed by atoms with Gasteiger partial charge < -0.3 is 20.3 Å². The Morgan fingerprint density at radius 3 is 1.03 bits per heavy atom. The molecule has 71 heavy (non-hydrogen) atoms. The second-order valence-corrected chi connectivity index (χ2v) is 22.1. The third-order valence-electron chi connectivity index (χ3n) is 15.0. The van der Waals surface area contributed by atoms with Crippen LogP contribution in [0, 0.1) is 0 Å². The Morgan fingerprint density at radius 1 is 0.380 bits per heavy atom. The molecule has 0 fully saturated rings. The summed E-state index contributed by atoms with van der Waals surface area (Å²) < 4.78 is 5.47. The number of unbranched alkanes of at least 4 members (excludes halogenated alkanes) is 47. The van der Waals surface area contributed by atoms with Gasteiger partial charge in [0.15, 0.2) is 0 Å². The summed E-state index contributed by atoms with van der Waals surface area (Å²) in [4.78, 5) is 24.4. The van der Waals surface area contributed by atoms with E-state index in [1.165, 1.54) is 283 Å². The zero-order valence-corrected chi connectivity index (χ0v) is 48.0. The molecular formula is C65H125NO5. The van der Waals surface area contributed by atoms with Crippen LogP contribution in [-0.4, -0.2) is 47.4 Å². The first-order chi connectivity index (χ1) is 35.0. The molecule has 0 rings (SSSR count). The maximum atomic E-state index is 12.4. The van der Waals surface area contributed by atoms with Crippen molar-refractivity contribution in [1.29, 1.82) is 0 Å². The number of hydrogen-bond donors (Lipinski definition) is 3. The molecule has 1 amide bonds. The van der Waals surface area contributed by atoms with E-state index in [0.717, 1.165) is 44.9 Å². The second-order valence-electron chi connectivity index (χ2n) is 22.1. The topological polar surface area (TPSA) is 95.9 Å². The standard InChI is InChI=1S/C65H125NO5/c1-3-5-7-9-11-13-15-39-43-47-51-55-59-65(70)71-60-56-52-48-44-40-37-35-33-31-29-27-25-23-21-19-17-16-18-20-22-24-26-28-30-32-34-36-38-42-46-50-54-58-64(69)66-62(61-67)63(68)57-53-49-45-41-14-12-10-8-6-4-2/h11,13,53,57,62-63,67-68H,3-10,12,14-52,54-56,58-61H2,1-2H3,(H,66,69)/b13-11-,57-53+. The van der Waals surface area contributed by atoms with Crippen LogP contribution in [0.1, 0.15) is 354 Å². The van der Waals surface area contributed by atoms with Crippen LogP contribution >= 0.6 is 0 Å². The Bertz CT molecular complexity index is 1110. The van der Waals surface area contributed by atoms with Crippen molar-refractivity contribution in [1.82, 2.24) is 5.32 Å². The van der Waals surface area contributed by atoms with Crippen molar-refractivity contribution in [3.8, 4) is 0 Å². The predicted octanol–water partition coefficient (Wildman–Crippen LogP) is 20.2. The molecule has 0 aliphatic rings. The normalized spacial score (nSPS) is 12.7. The molecule has 2 unspecified atom stereocenters. The highest BCUT2D eigenvalue weighted by atomic mass is 16.5. The van der Waals surface area contributed by atoms with Gasteiger partial charge in [0.1, 0.15) is 0 Å². The largest absolute Gasteiger partial charge is 0.466 e. The molecule has 0 aromatic carbocycles. The first-order valence-electron chi connectivity index (χ1n) is 32.1.